The molecule has 0 bridgehead atoms. The summed E-state index contributed by atoms with van der Waals surface area (Å²) in [6.07, 6.45) is 6.18. The zero-order valence-corrected chi connectivity index (χ0v) is 16.1. The number of aromatic nitrogens is 5. The first-order chi connectivity index (χ1) is 14.2. The lowest BCUT2D eigenvalue weighted by atomic mass is 10.1. The molecule has 1 atom stereocenters. The van der Waals surface area contributed by atoms with Crippen LogP contribution < -0.4 is 5.32 Å². The van der Waals surface area contributed by atoms with E-state index in [1.807, 2.05) is 61.7 Å². The third-order valence-electron chi connectivity index (χ3n) is 4.71. The van der Waals surface area contributed by atoms with Crippen LogP contribution in [0, 0.1) is 0 Å². The van der Waals surface area contributed by atoms with Crippen LogP contribution >= 0.6 is 0 Å². The van der Waals surface area contributed by atoms with E-state index in [2.05, 4.69) is 32.9 Å². The Bertz CT molecular complexity index is 1070. The van der Waals surface area contributed by atoms with Gasteiger partial charge < -0.3 is 5.32 Å². The Morgan fingerprint density at radius 3 is 2.52 bits per heavy atom. The number of benzene rings is 2. The lowest BCUT2D eigenvalue weighted by Gasteiger charge is -2.10. The first kappa shape index (κ1) is 18.6. The molecule has 0 radical (unpaired) electrons. The fraction of sp³-hybridized carbons (Fsp3) is 0.182. The predicted molar refractivity (Wildman–Crippen MR) is 110 cm³/mol. The molecule has 29 heavy (non-hydrogen) atoms. The monoisotopic (exact) mass is 386 g/mol. The van der Waals surface area contributed by atoms with Crippen molar-refractivity contribution in [3.8, 4) is 5.69 Å². The summed E-state index contributed by atoms with van der Waals surface area (Å²) in [5.41, 5.74) is 3.41. The maximum atomic E-state index is 12.5. The van der Waals surface area contributed by atoms with E-state index in [4.69, 9.17) is 0 Å². The molecular formula is C22H22N6O. The van der Waals surface area contributed by atoms with Crippen molar-refractivity contribution in [2.45, 2.75) is 25.9 Å². The van der Waals surface area contributed by atoms with E-state index in [0.29, 0.717) is 12.2 Å². The van der Waals surface area contributed by atoms with Crippen LogP contribution in [0.2, 0.25) is 0 Å². The summed E-state index contributed by atoms with van der Waals surface area (Å²) >= 11 is 0. The summed E-state index contributed by atoms with van der Waals surface area (Å²) < 4.78 is 3.48. The van der Waals surface area contributed by atoms with Crippen molar-refractivity contribution in [1.29, 1.82) is 0 Å². The fourth-order valence-corrected chi connectivity index (χ4v) is 3.04. The van der Waals surface area contributed by atoms with E-state index in [-0.39, 0.29) is 11.9 Å². The molecule has 0 saturated carbocycles. The van der Waals surface area contributed by atoms with Gasteiger partial charge in [-0.15, -0.1) is 5.10 Å². The van der Waals surface area contributed by atoms with Crippen LogP contribution in [0.3, 0.4) is 0 Å². The number of rotatable bonds is 7. The summed E-state index contributed by atoms with van der Waals surface area (Å²) in [6.45, 7) is 2.59. The van der Waals surface area contributed by atoms with Gasteiger partial charge in [-0.3, -0.25) is 9.48 Å². The van der Waals surface area contributed by atoms with Crippen LogP contribution in [0.15, 0.2) is 79.3 Å². The van der Waals surface area contributed by atoms with E-state index >= 15 is 0 Å². The van der Waals surface area contributed by atoms with Crippen LogP contribution in [-0.2, 0) is 13.0 Å². The maximum Gasteiger partial charge on any atom is 0.273 e. The number of hydrogen-bond donors (Lipinski definition) is 1. The van der Waals surface area contributed by atoms with Crippen molar-refractivity contribution >= 4 is 5.91 Å². The Hall–Kier alpha value is -3.74. The van der Waals surface area contributed by atoms with Gasteiger partial charge in [-0.1, -0.05) is 53.7 Å². The molecule has 4 aromatic rings. The average molecular weight is 386 g/mol. The minimum Gasteiger partial charge on any atom is -0.344 e. The van der Waals surface area contributed by atoms with Crippen molar-refractivity contribution in [3.05, 3.63) is 96.1 Å². The van der Waals surface area contributed by atoms with Crippen LogP contribution in [0.25, 0.3) is 5.69 Å². The van der Waals surface area contributed by atoms with Gasteiger partial charge in [0.25, 0.3) is 5.91 Å². The molecule has 2 aromatic heterocycles. The van der Waals surface area contributed by atoms with Crippen LogP contribution in [0.1, 0.15) is 34.6 Å². The molecule has 0 unspecified atom stereocenters. The second-order valence-corrected chi connectivity index (χ2v) is 6.85. The van der Waals surface area contributed by atoms with Gasteiger partial charge in [0.15, 0.2) is 5.69 Å². The van der Waals surface area contributed by atoms with Gasteiger partial charge in [0.2, 0.25) is 0 Å². The lowest BCUT2D eigenvalue weighted by Crippen LogP contribution is -2.26. The minimum atomic E-state index is -0.254. The maximum absolute atomic E-state index is 12.5. The number of nitrogens with one attached hydrogen (secondary N) is 1. The Morgan fingerprint density at radius 2 is 1.76 bits per heavy atom. The highest BCUT2D eigenvalue weighted by Crippen LogP contribution is 2.15. The zero-order chi connectivity index (χ0) is 20.1. The number of nitrogens with zero attached hydrogens (tertiary/aromatic N) is 5. The highest BCUT2D eigenvalue weighted by atomic mass is 16.2. The molecule has 2 aromatic carbocycles. The van der Waals surface area contributed by atoms with Crippen molar-refractivity contribution < 1.29 is 4.79 Å². The Morgan fingerprint density at radius 1 is 1.03 bits per heavy atom. The first-order valence-electron chi connectivity index (χ1n) is 9.54. The fourth-order valence-electron chi connectivity index (χ4n) is 3.04. The van der Waals surface area contributed by atoms with Gasteiger partial charge in [0, 0.05) is 18.3 Å². The molecule has 0 aliphatic rings. The van der Waals surface area contributed by atoms with Gasteiger partial charge in [0.1, 0.15) is 0 Å². The van der Waals surface area contributed by atoms with Crippen molar-refractivity contribution in [3.63, 3.8) is 0 Å². The van der Waals surface area contributed by atoms with Gasteiger partial charge in [-0.2, -0.15) is 5.10 Å². The van der Waals surface area contributed by atoms with Crippen LogP contribution in [0.4, 0.5) is 0 Å². The highest BCUT2D eigenvalue weighted by Gasteiger charge is 2.16. The predicted octanol–water partition coefficient (Wildman–Crippen LogP) is 3.20. The highest BCUT2D eigenvalue weighted by molar-refractivity contribution is 5.92. The third-order valence-corrected chi connectivity index (χ3v) is 4.71. The molecule has 0 spiro atoms. The molecule has 0 aliphatic carbocycles. The van der Waals surface area contributed by atoms with Crippen molar-refractivity contribution in [2.24, 2.45) is 0 Å². The number of aryl methyl sites for hydroxylation is 2. The first-order valence-corrected chi connectivity index (χ1v) is 9.54. The van der Waals surface area contributed by atoms with Crippen molar-refractivity contribution in [2.75, 3.05) is 0 Å². The molecule has 7 heteroatoms. The van der Waals surface area contributed by atoms with Gasteiger partial charge in [0.05, 0.1) is 24.1 Å². The summed E-state index contributed by atoms with van der Waals surface area (Å²) in [4.78, 5) is 12.5. The molecule has 4 rings (SSSR count). The van der Waals surface area contributed by atoms with Crippen LogP contribution in [0.5, 0.6) is 0 Å². The van der Waals surface area contributed by atoms with E-state index < -0.39 is 0 Å². The number of carbonyl (C=O) groups is 1. The molecule has 7 nitrogen and oxygen atoms in total. The zero-order valence-electron chi connectivity index (χ0n) is 16.1. The quantitative estimate of drug-likeness (QED) is 0.529. The molecule has 0 aliphatic heterocycles. The average Bonchev–Trinajstić information content (AvgIpc) is 3.44. The Kier molecular flexibility index (Phi) is 5.47. The van der Waals surface area contributed by atoms with Gasteiger partial charge in [-0.05, 0) is 31.0 Å². The van der Waals surface area contributed by atoms with E-state index in [0.717, 1.165) is 17.7 Å². The molecular weight excluding hydrogens is 364 g/mol. The van der Waals surface area contributed by atoms with Gasteiger partial charge >= 0.3 is 0 Å². The second-order valence-electron chi connectivity index (χ2n) is 6.85. The second kappa shape index (κ2) is 8.52. The number of amides is 1. The third kappa shape index (κ3) is 4.57. The topological polar surface area (TPSA) is 77.6 Å². The summed E-state index contributed by atoms with van der Waals surface area (Å²) in [5.74, 6) is -0.254. The van der Waals surface area contributed by atoms with Crippen molar-refractivity contribution in [1.82, 2.24) is 30.1 Å². The molecule has 0 fully saturated rings. The van der Waals surface area contributed by atoms with Gasteiger partial charge in [-0.25, -0.2) is 4.68 Å². The normalized spacial score (nSPS) is 11.9. The number of hydrogen-bond acceptors (Lipinski definition) is 4. The largest absolute Gasteiger partial charge is 0.344 e. The van der Waals surface area contributed by atoms with Crippen LogP contribution in [-0.4, -0.2) is 30.7 Å². The number of para-hydroxylation sites is 1. The Labute approximate surface area is 169 Å². The van der Waals surface area contributed by atoms with E-state index in [1.165, 1.54) is 5.56 Å². The molecule has 1 N–H and O–H groups in total. The van der Waals surface area contributed by atoms with E-state index in [9.17, 15) is 4.79 Å². The SMILES string of the molecule is C[C@H](NC(=O)c1cn(CCc2ccccc2)nn1)c1cnn(-c2ccccc2)c1. The molecule has 0 saturated heterocycles. The summed E-state index contributed by atoms with van der Waals surface area (Å²) in [5, 5.41) is 15.4. The lowest BCUT2D eigenvalue weighted by molar-refractivity contribution is 0.0934. The van der Waals surface area contributed by atoms with E-state index in [1.54, 1.807) is 21.8 Å². The minimum absolute atomic E-state index is 0.200. The molecule has 146 valence electrons. The summed E-state index contributed by atoms with van der Waals surface area (Å²) in [7, 11) is 0. The molecule has 2 heterocycles. The Balaban J connectivity index is 1.36. The molecule has 1 amide bonds. The summed E-state index contributed by atoms with van der Waals surface area (Å²) in [6, 6.07) is 19.8. The smallest absolute Gasteiger partial charge is 0.273 e. The standard InChI is InChI=1S/C22H22N6O/c1-17(19-14-23-28(15-19)20-10-6-3-7-11-20)24-22(29)21-16-27(26-25-21)13-12-18-8-4-2-5-9-18/h2-11,14-17H,12-13H2,1H3,(H,24,29)/t17-/m0/s1. The number of carbonyl (C=O) groups excluding carboxylic acids is 1.